The molecule has 0 bridgehead atoms. The number of nitrogens with zero attached hydrogens (tertiary/aromatic N) is 3. The number of hydrogen-bond donors (Lipinski definition) is 1. The van der Waals surface area contributed by atoms with Gasteiger partial charge in [0.05, 0.1) is 0 Å². The minimum absolute atomic E-state index is 0.631. The van der Waals surface area contributed by atoms with Crippen LogP contribution in [0.5, 0.6) is 0 Å². The summed E-state index contributed by atoms with van der Waals surface area (Å²) in [5.74, 6) is 0. The normalized spacial score (nSPS) is 13.9. The minimum atomic E-state index is 0.631. The monoisotopic (exact) mass is 480 g/mol. The fraction of sp³-hybridized carbons (Fsp3) is 0.0938. The Balaban J connectivity index is 1.30. The third-order valence-corrected chi connectivity index (χ3v) is 6.89. The van der Waals surface area contributed by atoms with Gasteiger partial charge in [0.2, 0.25) is 0 Å². The number of aryl methyl sites for hydroxylation is 1. The summed E-state index contributed by atoms with van der Waals surface area (Å²) in [5, 5.41) is 0. The topological polar surface area (TPSA) is 37.2 Å². The molecule has 3 heterocycles. The van der Waals surface area contributed by atoms with Crippen LogP contribution in [0.3, 0.4) is 0 Å². The summed E-state index contributed by atoms with van der Waals surface area (Å²) < 4.78 is 4.47. The summed E-state index contributed by atoms with van der Waals surface area (Å²) in [6.45, 7) is 2.81. The average Bonchev–Trinajstić information content (AvgIpc) is 3.54. The molecule has 0 amide bonds. The molecule has 2 aliphatic rings. The summed E-state index contributed by atoms with van der Waals surface area (Å²) in [4.78, 5) is 2.28. The first-order chi connectivity index (χ1) is 18.2. The summed E-state index contributed by atoms with van der Waals surface area (Å²) >= 11 is 0. The molecule has 6 rings (SSSR count). The van der Waals surface area contributed by atoms with Gasteiger partial charge < -0.3 is 15.1 Å². The second kappa shape index (κ2) is 9.96. The van der Waals surface area contributed by atoms with Gasteiger partial charge in [0.15, 0.2) is 5.70 Å². The van der Waals surface area contributed by atoms with Crippen molar-refractivity contribution in [3.63, 3.8) is 0 Å². The second-order valence-corrected chi connectivity index (χ2v) is 9.34. The molecule has 4 aromatic rings. The van der Waals surface area contributed by atoms with Crippen LogP contribution in [0.25, 0.3) is 17.7 Å². The first-order valence-electron chi connectivity index (χ1n) is 12.7. The lowest BCUT2D eigenvalue weighted by Crippen LogP contribution is -2.30. The van der Waals surface area contributed by atoms with Crippen LogP contribution in [0.1, 0.15) is 28.9 Å². The molecule has 1 aromatic heterocycles. The highest BCUT2D eigenvalue weighted by Crippen LogP contribution is 2.35. The molecule has 1 radical (unpaired) electrons. The molecule has 0 aliphatic carbocycles. The third-order valence-electron chi connectivity index (χ3n) is 6.89. The molecule has 5 heteroatoms. The van der Waals surface area contributed by atoms with Crippen LogP contribution in [0.4, 0.5) is 17.1 Å². The number of fused-ring (bicyclic) bond motifs is 2. The van der Waals surface area contributed by atoms with Crippen molar-refractivity contribution >= 4 is 48.6 Å². The van der Waals surface area contributed by atoms with Gasteiger partial charge in [-0.05, 0) is 79.6 Å². The van der Waals surface area contributed by atoms with Crippen molar-refractivity contribution in [3.05, 3.63) is 131 Å². The molecule has 37 heavy (non-hydrogen) atoms. The number of aromatic nitrogens is 1. The van der Waals surface area contributed by atoms with Crippen LogP contribution in [0.2, 0.25) is 0 Å². The van der Waals surface area contributed by atoms with E-state index in [0.29, 0.717) is 6.54 Å². The lowest BCUT2D eigenvalue weighted by molar-refractivity contribution is -0.307. The number of hydrogen-bond acceptors (Lipinski definition) is 2. The Kier molecular flexibility index (Phi) is 6.21. The van der Waals surface area contributed by atoms with Crippen LogP contribution >= 0.6 is 0 Å². The van der Waals surface area contributed by atoms with Crippen molar-refractivity contribution in [2.75, 3.05) is 11.4 Å². The first-order valence-corrected chi connectivity index (χ1v) is 12.7. The maximum Gasteiger partial charge on any atom is 0.699 e. The van der Waals surface area contributed by atoms with Crippen molar-refractivity contribution in [2.45, 2.75) is 13.3 Å². The molecule has 0 unspecified atom stereocenters. The highest BCUT2D eigenvalue weighted by atomic mass is 15.1. The SMILES string of the molecule is Cc1cc(/C=C/c2ccc(N(c3ccccc3)c3ccccc3)cc2)n2c1C(CCN)=C1C=CC=[N+]1[B]2. The molecule has 0 saturated heterocycles. The fourth-order valence-electron chi connectivity index (χ4n) is 5.22. The van der Waals surface area contributed by atoms with Crippen molar-refractivity contribution in [3.8, 4) is 0 Å². The van der Waals surface area contributed by atoms with E-state index in [-0.39, 0.29) is 0 Å². The number of allylic oxidation sites excluding steroid dienone is 2. The minimum Gasteiger partial charge on any atom is -0.330 e. The first kappa shape index (κ1) is 23.1. The standard InChI is InChI=1S/C32H29BN4/c1-24-23-29(37-32(24)30(20-21-34)31-13-8-22-35(31)33-37)19-16-25-14-17-28(18-15-25)36(26-9-4-2-5-10-26)27-11-6-3-7-12-27/h2-19,22-23H,20-21,34H2,1H3/q+1. The summed E-state index contributed by atoms with van der Waals surface area (Å²) in [7, 11) is 2.16. The molecular weight excluding hydrogens is 451 g/mol. The quantitative estimate of drug-likeness (QED) is 0.305. The van der Waals surface area contributed by atoms with Gasteiger partial charge in [-0.3, -0.25) is 4.49 Å². The van der Waals surface area contributed by atoms with Gasteiger partial charge in [-0.1, -0.05) is 54.6 Å². The predicted molar refractivity (Wildman–Crippen MR) is 156 cm³/mol. The molecule has 0 fully saturated rings. The average molecular weight is 480 g/mol. The van der Waals surface area contributed by atoms with E-state index in [1.165, 1.54) is 22.5 Å². The van der Waals surface area contributed by atoms with Crippen LogP contribution in [0, 0.1) is 6.92 Å². The lowest BCUT2D eigenvalue weighted by Gasteiger charge is -2.25. The Hall–Kier alpha value is -4.35. The number of nitrogens with two attached hydrogens (primary N) is 1. The molecule has 4 nitrogen and oxygen atoms in total. The van der Waals surface area contributed by atoms with E-state index in [1.807, 2.05) is 12.1 Å². The van der Waals surface area contributed by atoms with E-state index in [9.17, 15) is 0 Å². The molecular formula is C32H29BN4+. The van der Waals surface area contributed by atoms with Crippen LogP contribution in [0.15, 0.2) is 109 Å². The molecule has 179 valence electrons. The van der Waals surface area contributed by atoms with Gasteiger partial charge in [0.1, 0.15) is 6.21 Å². The molecule has 0 spiro atoms. The Bertz CT molecular complexity index is 1500. The van der Waals surface area contributed by atoms with Gasteiger partial charge in [-0.15, -0.1) is 0 Å². The predicted octanol–water partition coefficient (Wildman–Crippen LogP) is 6.55. The number of benzene rings is 3. The smallest absolute Gasteiger partial charge is 0.330 e. The van der Waals surface area contributed by atoms with Gasteiger partial charge in [0.25, 0.3) is 0 Å². The van der Waals surface area contributed by atoms with E-state index in [2.05, 4.69) is 138 Å². The molecule has 3 aromatic carbocycles. The van der Waals surface area contributed by atoms with E-state index in [1.54, 1.807) is 0 Å². The maximum absolute atomic E-state index is 5.97. The number of anilines is 3. The van der Waals surface area contributed by atoms with Gasteiger partial charge in [-0.2, -0.15) is 0 Å². The number of para-hydroxylation sites is 2. The largest absolute Gasteiger partial charge is 0.699 e. The van der Waals surface area contributed by atoms with E-state index < -0.39 is 0 Å². The third kappa shape index (κ3) is 4.39. The Morgan fingerprint density at radius 3 is 2.16 bits per heavy atom. The Labute approximate surface area is 219 Å². The molecule has 2 aliphatic heterocycles. The van der Waals surface area contributed by atoms with Crippen LogP contribution < -0.4 is 10.6 Å². The fourth-order valence-corrected chi connectivity index (χ4v) is 5.22. The van der Waals surface area contributed by atoms with E-state index in [4.69, 9.17) is 5.73 Å². The summed E-state index contributed by atoms with van der Waals surface area (Å²) in [6.07, 6.45) is 11.6. The molecule has 0 atom stereocenters. The van der Waals surface area contributed by atoms with E-state index in [0.717, 1.165) is 34.7 Å². The van der Waals surface area contributed by atoms with Gasteiger partial charge >= 0.3 is 7.55 Å². The maximum atomic E-state index is 5.97. The Morgan fingerprint density at radius 2 is 1.51 bits per heavy atom. The Morgan fingerprint density at radius 1 is 0.865 bits per heavy atom. The zero-order chi connectivity index (χ0) is 25.2. The van der Waals surface area contributed by atoms with Gasteiger partial charge in [0, 0.05) is 46.2 Å². The molecule has 0 saturated carbocycles. The lowest BCUT2D eigenvalue weighted by atomic mass is 9.94. The van der Waals surface area contributed by atoms with Gasteiger partial charge in [-0.25, -0.2) is 0 Å². The molecule has 2 N–H and O–H groups in total. The van der Waals surface area contributed by atoms with Crippen molar-refractivity contribution in [2.24, 2.45) is 5.73 Å². The summed E-state index contributed by atoms with van der Waals surface area (Å²) in [5.41, 5.74) is 16.7. The van der Waals surface area contributed by atoms with Crippen molar-refractivity contribution < 1.29 is 4.49 Å². The second-order valence-electron chi connectivity index (χ2n) is 9.34. The number of rotatable bonds is 7. The highest BCUT2D eigenvalue weighted by Gasteiger charge is 2.34. The van der Waals surface area contributed by atoms with Crippen molar-refractivity contribution in [1.82, 2.24) is 4.48 Å². The highest BCUT2D eigenvalue weighted by molar-refractivity contribution is 6.28. The van der Waals surface area contributed by atoms with E-state index >= 15 is 0 Å². The zero-order valence-electron chi connectivity index (χ0n) is 21.0. The van der Waals surface area contributed by atoms with Crippen LogP contribution in [-0.2, 0) is 0 Å². The zero-order valence-corrected chi connectivity index (χ0v) is 21.0. The van der Waals surface area contributed by atoms with Crippen LogP contribution in [-0.4, -0.2) is 29.3 Å². The summed E-state index contributed by atoms with van der Waals surface area (Å²) in [6, 6.07) is 31.9. The van der Waals surface area contributed by atoms with Crippen molar-refractivity contribution in [1.29, 1.82) is 0 Å².